The van der Waals surface area contributed by atoms with Gasteiger partial charge in [-0.3, -0.25) is 29.1 Å². The zero-order chi connectivity index (χ0) is 27.0. The van der Waals surface area contributed by atoms with Crippen molar-refractivity contribution in [1.29, 1.82) is 0 Å². The Morgan fingerprint density at radius 1 is 1.03 bits per heavy atom. The third-order valence-corrected chi connectivity index (χ3v) is 5.25. The fraction of sp³-hybridized carbons (Fsp3) is 0.550. The number of pyridine rings is 1. The van der Waals surface area contributed by atoms with E-state index >= 15 is 4.39 Å². The Kier molecular flexibility index (Phi) is 10.3. The lowest BCUT2D eigenvalue weighted by Crippen LogP contribution is -2.64. The van der Waals surface area contributed by atoms with Crippen LogP contribution in [0.3, 0.4) is 0 Å². The maximum absolute atomic E-state index is 15.1. The molecule has 1 aliphatic rings. The highest BCUT2D eigenvalue weighted by Crippen LogP contribution is 2.47. The van der Waals surface area contributed by atoms with Crippen molar-refractivity contribution in [3.05, 3.63) is 24.5 Å². The normalized spacial score (nSPS) is 26.0. The van der Waals surface area contributed by atoms with E-state index in [1.54, 1.807) is 0 Å². The first-order valence-corrected chi connectivity index (χ1v) is 11.8. The highest BCUT2D eigenvalue weighted by molar-refractivity contribution is 7.47. The summed E-state index contributed by atoms with van der Waals surface area (Å²) in [4.78, 5) is 60.5. The molecule has 0 amide bonds. The fourth-order valence-electron chi connectivity index (χ4n) is 3.16. The summed E-state index contributed by atoms with van der Waals surface area (Å²) >= 11 is 0. The summed E-state index contributed by atoms with van der Waals surface area (Å²) < 4.78 is 63.1. The summed E-state index contributed by atoms with van der Waals surface area (Å²) in [6.07, 6.45) is -9.08. The predicted molar refractivity (Wildman–Crippen MR) is 113 cm³/mol. The minimum absolute atomic E-state index is 0.188. The molecule has 0 spiro atoms. The Balaban J connectivity index is 2.47. The quantitative estimate of drug-likeness (QED) is 0.253. The summed E-state index contributed by atoms with van der Waals surface area (Å²) in [6.45, 7) is 3.01. The van der Waals surface area contributed by atoms with Crippen molar-refractivity contribution in [1.82, 2.24) is 4.98 Å². The van der Waals surface area contributed by atoms with Gasteiger partial charge >= 0.3 is 31.7 Å². The molecule has 0 aliphatic carbocycles. The first-order chi connectivity index (χ1) is 16.8. The SMILES string of the molecule is CC(=O)OC[C@H](F)C1OC(OP(=O)(O)Oc2cccnc2)C(OC(C)=O)C(OC(C)=O)C1OC(C)=O. The number of hydrogen-bond acceptors (Lipinski definition) is 13. The summed E-state index contributed by atoms with van der Waals surface area (Å²) in [7, 11) is -5.07. The zero-order valence-corrected chi connectivity index (χ0v) is 20.5. The van der Waals surface area contributed by atoms with Crippen molar-refractivity contribution in [2.45, 2.75) is 64.6 Å². The van der Waals surface area contributed by atoms with E-state index in [4.69, 9.17) is 28.0 Å². The molecule has 1 N–H and O–H groups in total. The molecule has 36 heavy (non-hydrogen) atoms. The van der Waals surface area contributed by atoms with E-state index in [-0.39, 0.29) is 5.75 Å². The van der Waals surface area contributed by atoms with Gasteiger partial charge in [-0.05, 0) is 12.1 Å². The van der Waals surface area contributed by atoms with Gasteiger partial charge in [-0.25, -0.2) is 13.5 Å². The summed E-state index contributed by atoms with van der Waals surface area (Å²) in [5, 5.41) is 0. The molecule has 1 aromatic rings. The number of alkyl halides is 1. The number of phosphoric acid groups is 1. The number of ether oxygens (including phenoxy) is 5. The van der Waals surface area contributed by atoms with Crippen molar-refractivity contribution >= 4 is 31.7 Å². The smallest absolute Gasteiger partial charge is 0.463 e. The van der Waals surface area contributed by atoms with Crippen LogP contribution in [0.2, 0.25) is 0 Å². The number of nitrogens with zero attached hydrogens (tertiary/aromatic N) is 1. The van der Waals surface area contributed by atoms with E-state index in [0.29, 0.717) is 0 Å². The summed E-state index contributed by atoms with van der Waals surface area (Å²) in [6, 6.07) is 2.68. The van der Waals surface area contributed by atoms with E-state index in [9.17, 15) is 28.6 Å². The van der Waals surface area contributed by atoms with E-state index in [0.717, 1.165) is 33.9 Å². The van der Waals surface area contributed by atoms with Crippen LogP contribution in [0, 0.1) is 0 Å². The van der Waals surface area contributed by atoms with Gasteiger partial charge < -0.3 is 28.2 Å². The molecule has 0 bridgehead atoms. The van der Waals surface area contributed by atoms with Crippen LogP contribution in [0.15, 0.2) is 24.5 Å². The molecule has 16 heteroatoms. The van der Waals surface area contributed by atoms with Crippen molar-refractivity contribution in [3.63, 3.8) is 0 Å². The van der Waals surface area contributed by atoms with Crippen LogP contribution in [-0.2, 0) is 52.0 Å². The summed E-state index contributed by atoms with van der Waals surface area (Å²) in [5.74, 6) is -3.94. The highest BCUT2D eigenvalue weighted by atomic mass is 31.2. The van der Waals surface area contributed by atoms with Crippen molar-refractivity contribution in [3.8, 4) is 5.75 Å². The second kappa shape index (κ2) is 12.7. The molecule has 0 radical (unpaired) electrons. The van der Waals surface area contributed by atoms with Crippen LogP contribution in [0.25, 0.3) is 0 Å². The van der Waals surface area contributed by atoms with Crippen LogP contribution < -0.4 is 4.52 Å². The Morgan fingerprint density at radius 2 is 1.61 bits per heavy atom. The van der Waals surface area contributed by atoms with Crippen molar-refractivity contribution in [2.75, 3.05) is 6.61 Å². The Labute approximate surface area is 204 Å². The van der Waals surface area contributed by atoms with Gasteiger partial charge in [0.15, 0.2) is 24.5 Å². The minimum Gasteiger partial charge on any atom is -0.463 e. The molecule has 1 saturated heterocycles. The lowest BCUT2D eigenvalue weighted by Gasteiger charge is -2.44. The maximum Gasteiger partial charge on any atom is 0.529 e. The number of halogens is 1. The minimum atomic E-state index is -5.07. The Hall–Kier alpha value is -3.13. The second-order valence-corrected chi connectivity index (χ2v) is 8.69. The van der Waals surface area contributed by atoms with Gasteiger partial charge in [0, 0.05) is 33.9 Å². The first-order valence-electron chi connectivity index (χ1n) is 10.3. The molecule has 14 nitrogen and oxygen atoms in total. The first kappa shape index (κ1) is 29.1. The molecular weight excluding hydrogens is 512 g/mol. The van der Waals surface area contributed by atoms with Crippen LogP contribution in [0.4, 0.5) is 4.39 Å². The molecule has 2 rings (SSSR count). The third kappa shape index (κ3) is 8.82. The average Bonchev–Trinajstić information content (AvgIpc) is 2.75. The number of phosphoric ester groups is 1. The fourth-order valence-corrected chi connectivity index (χ4v) is 4.01. The lowest BCUT2D eigenvalue weighted by molar-refractivity contribution is -0.296. The Bertz CT molecular complexity index is 993. The molecule has 0 aromatic carbocycles. The molecule has 1 aliphatic heterocycles. The van der Waals surface area contributed by atoms with Gasteiger partial charge in [0.05, 0.1) is 6.20 Å². The zero-order valence-electron chi connectivity index (χ0n) is 19.6. The van der Waals surface area contributed by atoms with E-state index in [2.05, 4.69) is 9.72 Å². The monoisotopic (exact) mass is 537 g/mol. The number of hydrogen-bond donors (Lipinski definition) is 1. The van der Waals surface area contributed by atoms with E-state index in [1.165, 1.54) is 18.3 Å². The predicted octanol–water partition coefficient (Wildman–Crippen LogP) is 0.999. The van der Waals surface area contributed by atoms with Crippen LogP contribution in [0.1, 0.15) is 27.7 Å². The number of carbonyl (C=O) groups excluding carboxylic acids is 4. The van der Waals surface area contributed by atoms with Crippen LogP contribution >= 0.6 is 7.82 Å². The third-order valence-electron chi connectivity index (χ3n) is 4.33. The van der Waals surface area contributed by atoms with Crippen LogP contribution in [0.5, 0.6) is 5.75 Å². The molecule has 1 fully saturated rings. The van der Waals surface area contributed by atoms with Crippen LogP contribution in [-0.4, -0.2) is 77.2 Å². The van der Waals surface area contributed by atoms with Crippen molar-refractivity contribution in [2.24, 2.45) is 0 Å². The van der Waals surface area contributed by atoms with Gasteiger partial charge in [0.2, 0.25) is 6.29 Å². The maximum atomic E-state index is 15.1. The van der Waals surface area contributed by atoms with Gasteiger partial charge in [-0.1, -0.05) is 0 Å². The number of rotatable bonds is 10. The van der Waals surface area contributed by atoms with Crippen molar-refractivity contribution < 1.29 is 65.8 Å². The number of esters is 4. The van der Waals surface area contributed by atoms with E-state index < -0.39 is 75.2 Å². The number of carbonyl (C=O) groups is 4. The molecular formula is C20H25FNO13P. The highest BCUT2D eigenvalue weighted by Gasteiger charge is 2.56. The molecule has 2 heterocycles. The summed E-state index contributed by atoms with van der Waals surface area (Å²) in [5.41, 5.74) is 0. The number of aromatic nitrogens is 1. The van der Waals surface area contributed by atoms with Gasteiger partial charge in [-0.15, -0.1) is 0 Å². The Morgan fingerprint density at radius 3 is 2.14 bits per heavy atom. The van der Waals surface area contributed by atoms with E-state index in [1.807, 2.05) is 0 Å². The lowest BCUT2D eigenvalue weighted by atomic mass is 9.95. The average molecular weight is 537 g/mol. The second-order valence-electron chi connectivity index (χ2n) is 7.36. The van der Waals surface area contributed by atoms with Gasteiger partial charge in [0.1, 0.15) is 18.5 Å². The molecule has 0 saturated carbocycles. The van der Waals surface area contributed by atoms with Gasteiger partial charge in [0.25, 0.3) is 0 Å². The molecule has 7 atom stereocenters. The largest absolute Gasteiger partial charge is 0.529 e. The topological polar surface area (TPSA) is 183 Å². The molecule has 6 unspecified atom stereocenters. The molecule has 200 valence electrons. The molecule has 1 aromatic heterocycles. The standard InChI is InChI=1S/C20H25FNO13P/c1-10(23)29-9-15(21)16-17(30-11(2)24)18(31-12(3)25)19(32-13(4)26)20(33-16)35-36(27,28)34-14-6-5-7-22-8-14/h5-8,15-20H,9H2,1-4H3,(H,27,28)/t15-,16?,17?,18?,19?,20?/m0/s1. The van der Waals surface area contributed by atoms with Gasteiger partial charge in [-0.2, -0.15) is 0 Å².